The van der Waals surface area contributed by atoms with Crippen LogP contribution in [0.4, 0.5) is 0 Å². The highest BCUT2D eigenvalue weighted by atomic mass is 16.5. The summed E-state index contributed by atoms with van der Waals surface area (Å²) >= 11 is 0. The molecule has 2 aromatic rings. The van der Waals surface area contributed by atoms with Crippen LogP contribution in [0.25, 0.3) is 0 Å². The Balaban J connectivity index is 1.97. The monoisotopic (exact) mass is 326 g/mol. The molecule has 2 aromatic carbocycles. The maximum Gasteiger partial charge on any atom is 0.271 e. The molecule has 2 rings (SSSR count). The highest BCUT2D eigenvalue weighted by molar-refractivity contribution is 5.95. The van der Waals surface area contributed by atoms with Gasteiger partial charge in [0, 0.05) is 17.7 Å². The molecule has 126 valence electrons. The molecule has 1 N–H and O–H groups in total. The number of nitrogens with zero attached hydrogens (tertiary/aromatic N) is 1. The van der Waals surface area contributed by atoms with Gasteiger partial charge < -0.3 is 9.47 Å². The second-order valence-corrected chi connectivity index (χ2v) is 5.23. The molecule has 1 amide bonds. The molecule has 0 aliphatic carbocycles. The number of hydrogen-bond acceptors (Lipinski definition) is 4. The summed E-state index contributed by atoms with van der Waals surface area (Å²) in [4.78, 5) is 12.1. The highest BCUT2D eigenvalue weighted by Crippen LogP contribution is 2.18. The third-order valence-electron chi connectivity index (χ3n) is 3.41. The summed E-state index contributed by atoms with van der Waals surface area (Å²) in [6.07, 6.45) is 0.605. The van der Waals surface area contributed by atoms with Crippen LogP contribution >= 0.6 is 0 Å². The van der Waals surface area contributed by atoms with E-state index in [4.69, 9.17) is 9.47 Å². The number of nitrogens with one attached hydrogen (secondary N) is 1. The minimum Gasteiger partial charge on any atom is -0.496 e. The first-order chi connectivity index (χ1) is 11.6. The Kier molecular flexibility index (Phi) is 6.37. The van der Waals surface area contributed by atoms with E-state index >= 15 is 0 Å². The third-order valence-corrected chi connectivity index (χ3v) is 3.41. The standard InChI is InChI=1S/C19H22N2O3/c1-4-24-17-11-9-15(10-12-17)19(22)21-20-14(2)13-16-7-5-6-8-18(16)23-3/h5-12H,4,13H2,1-3H3,(H,21,22)/b20-14-. The first kappa shape index (κ1) is 17.5. The number of carbonyl (C=O) groups excluding carboxylic acids is 1. The fourth-order valence-corrected chi connectivity index (χ4v) is 2.24. The van der Waals surface area contributed by atoms with Crippen molar-refractivity contribution < 1.29 is 14.3 Å². The molecule has 5 nitrogen and oxygen atoms in total. The Hall–Kier alpha value is -2.82. The van der Waals surface area contributed by atoms with E-state index in [1.165, 1.54) is 0 Å². The molecule has 0 bridgehead atoms. The molecule has 0 saturated heterocycles. The van der Waals surface area contributed by atoms with Gasteiger partial charge in [0.2, 0.25) is 0 Å². The first-order valence-corrected chi connectivity index (χ1v) is 7.82. The number of hydrogen-bond donors (Lipinski definition) is 1. The van der Waals surface area contributed by atoms with E-state index in [2.05, 4.69) is 10.5 Å². The van der Waals surface area contributed by atoms with Gasteiger partial charge in [-0.2, -0.15) is 5.10 Å². The third kappa shape index (κ3) is 4.84. The topological polar surface area (TPSA) is 59.9 Å². The molecule has 5 heteroatoms. The fraction of sp³-hybridized carbons (Fsp3) is 0.263. The van der Waals surface area contributed by atoms with Crippen LogP contribution in [0.1, 0.15) is 29.8 Å². The van der Waals surface area contributed by atoms with Gasteiger partial charge in [-0.05, 0) is 49.7 Å². The molecule has 0 unspecified atom stereocenters. The summed E-state index contributed by atoms with van der Waals surface area (Å²) < 4.78 is 10.7. The molecular weight excluding hydrogens is 304 g/mol. The Morgan fingerprint density at radius 3 is 2.50 bits per heavy atom. The van der Waals surface area contributed by atoms with Gasteiger partial charge in [0.25, 0.3) is 5.91 Å². The van der Waals surface area contributed by atoms with Crippen LogP contribution in [0.2, 0.25) is 0 Å². The molecule has 0 fully saturated rings. The van der Waals surface area contributed by atoms with Crippen LogP contribution in [0.5, 0.6) is 11.5 Å². The van der Waals surface area contributed by atoms with Crippen molar-refractivity contribution in [3.8, 4) is 11.5 Å². The average Bonchev–Trinajstić information content (AvgIpc) is 2.61. The van der Waals surface area contributed by atoms with Gasteiger partial charge in [0.1, 0.15) is 11.5 Å². The number of rotatable bonds is 7. The van der Waals surface area contributed by atoms with Crippen LogP contribution in [-0.4, -0.2) is 25.3 Å². The summed E-state index contributed by atoms with van der Waals surface area (Å²) in [7, 11) is 1.64. The molecule has 0 aromatic heterocycles. The van der Waals surface area contributed by atoms with Gasteiger partial charge >= 0.3 is 0 Å². The van der Waals surface area contributed by atoms with E-state index in [9.17, 15) is 4.79 Å². The summed E-state index contributed by atoms with van der Waals surface area (Å²) in [6, 6.07) is 14.7. The summed E-state index contributed by atoms with van der Waals surface area (Å²) in [6.45, 7) is 4.38. The van der Waals surface area contributed by atoms with Crippen LogP contribution in [-0.2, 0) is 6.42 Å². The van der Waals surface area contributed by atoms with Crippen molar-refractivity contribution in [2.24, 2.45) is 5.10 Å². The predicted molar refractivity (Wildman–Crippen MR) is 94.9 cm³/mol. The number of amides is 1. The number of methoxy groups -OCH3 is 1. The molecule has 0 saturated carbocycles. The summed E-state index contributed by atoms with van der Waals surface area (Å²) in [5, 5.41) is 4.16. The number of ether oxygens (including phenoxy) is 2. The fourth-order valence-electron chi connectivity index (χ4n) is 2.24. The second-order valence-electron chi connectivity index (χ2n) is 5.23. The maximum atomic E-state index is 12.1. The lowest BCUT2D eigenvalue weighted by molar-refractivity contribution is 0.0954. The minimum absolute atomic E-state index is 0.252. The van der Waals surface area contributed by atoms with Gasteiger partial charge in [-0.25, -0.2) is 5.43 Å². The average molecular weight is 326 g/mol. The smallest absolute Gasteiger partial charge is 0.271 e. The van der Waals surface area contributed by atoms with Crippen LogP contribution in [0, 0.1) is 0 Å². The van der Waals surface area contributed by atoms with E-state index in [1.807, 2.05) is 38.1 Å². The number of para-hydroxylation sites is 1. The van der Waals surface area contributed by atoms with Crippen LogP contribution in [0.3, 0.4) is 0 Å². The molecule has 0 spiro atoms. The Labute approximate surface area is 142 Å². The lowest BCUT2D eigenvalue weighted by Crippen LogP contribution is -2.19. The van der Waals surface area contributed by atoms with Crippen LogP contribution in [0.15, 0.2) is 53.6 Å². The quantitative estimate of drug-likeness (QED) is 0.626. The van der Waals surface area contributed by atoms with Gasteiger partial charge in [-0.1, -0.05) is 18.2 Å². The molecule has 24 heavy (non-hydrogen) atoms. The Morgan fingerprint density at radius 1 is 1.12 bits per heavy atom. The lowest BCUT2D eigenvalue weighted by Gasteiger charge is -2.08. The highest BCUT2D eigenvalue weighted by Gasteiger charge is 2.06. The van der Waals surface area contributed by atoms with Gasteiger partial charge in [-0.3, -0.25) is 4.79 Å². The normalized spacial score (nSPS) is 11.0. The van der Waals surface area contributed by atoms with Crippen molar-refractivity contribution in [3.05, 3.63) is 59.7 Å². The van der Waals surface area contributed by atoms with Crippen molar-refractivity contribution in [2.75, 3.05) is 13.7 Å². The van der Waals surface area contributed by atoms with Gasteiger partial charge in [0.05, 0.1) is 13.7 Å². The summed E-state index contributed by atoms with van der Waals surface area (Å²) in [5.41, 5.74) is 4.92. The van der Waals surface area contributed by atoms with Crippen molar-refractivity contribution in [3.63, 3.8) is 0 Å². The minimum atomic E-state index is -0.252. The van der Waals surface area contributed by atoms with Crippen molar-refractivity contribution in [1.29, 1.82) is 0 Å². The molecule has 0 radical (unpaired) electrons. The van der Waals surface area contributed by atoms with Crippen molar-refractivity contribution in [1.82, 2.24) is 5.43 Å². The Bertz CT molecular complexity index is 709. The molecule has 0 heterocycles. The lowest BCUT2D eigenvalue weighted by atomic mass is 10.1. The second kappa shape index (κ2) is 8.72. The number of benzene rings is 2. The van der Waals surface area contributed by atoms with Crippen molar-refractivity contribution in [2.45, 2.75) is 20.3 Å². The van der Waals surface area contributed by atoms with Crippen molar-refractivity contribution >= 4 is 11.6 Å². The predicted octanol–water partition coefficient (Wildman–Crippen LogP) is 3.44. The zero-order chi connectivity index (χ0) is 17.4. The molecule has 0 aliphatic rings. The maximum absolute atomic E-state index is 12.1. The van der Waals surface area contributed by atoms with E-state index in [1.54, 1.807) is 31.4 Å². The van der Waals surface area contributed by atoms with E-state index in [-0.39, 0.29) is 5.91 Å². The zero-order valence-corrected chi connectivity index (χ0v) is 14.2. The summed E-state index contributed by atoms with van der Waals surface area (Å²) in [5.74, 6) is 1.30. The van der Waals surface area contributed by atoms with Gasteiger partial charge in [0.15, 0.2) is 0 Å². The van der Waals surface area contributed by atoms with Gasteiger partial charge in [-0.15, -0.1) is 0 Å². The molecule has 0 atom stereocenters. The largest absolute Gasteiger partial charge is 0.496 e. The number of carbonyl (C=O) groups is 1. The van der Waals surface area contributed by atoms with E-state index in [0.29, 0.717) is 18.6 Å². The first-order valence-electron chi connectivity index (χ1n) is 7.82. The molecular formula is C19H22N2O3. The number of hydrazone groups is 1. The molecule has 0 aliphatic heterocycles. The van der Waals surface area contributed by atoms with Crippen LogP contribution < -0.4 is 14.9 Å². The SMILES string of the molecule is CCOc1ccc(C(=O)N/N=C(/C)Cc2ccccc2OC)cc1. The zero-order valence-electron chi connectivity index (χ0n) is 14.2. The van der Waals surface area contributed by atoms with E-state index < -0.39 is 0 Å². The van der Waals surface area contributed by atoms with E-state index in [0.717, 1.165) is 22.8 Å². The Morgan fingerprint density at radius 2 is 1.83 bits per heavy atom.